The van der Waals surface area contributed by atoms with Gasteiger partial charge in [0.25, 0.3) is 0 Å². The Labute approximate surface area is 102 Å². The van der Waals surface area contributed by atoms with Gasteiger partial charge in [-0.05, 0) is 51.1 Å². The first-order chi connectivity index (χ1) is 8.11. The summed E-state index contributed by atoms with van der Waals surface area (Å²) in [5.41, 5.74) is 3.65. The van der Waals surface area contributed by atoms with Gasteiger partial charge in [0.1, 0.15) is 11.6 Å². The fourth-order valence-electron chi connectivity index (χ4n) is 1.97. The number of aromatic nitrogens is 3. The van der Waals surface area contributed by atoms with Gasteiger partial charge in [-0.25, -0.2) is 9.67 Å². The van der Waals surface area contributed by atoms with E-state index in [1.165, 1.54) is 11.1 Å². The molecule has 0 aliphatic rings. The van der Waals surface area contributed by atoms with Gasteiger partial charge in [-0.15, -0.1) is 0 Å². The summed E-state index contributed by atoms with van der Waals surface area (Å²) in [6.45, 7) is 6.89. The summed E-state index contributed by atoms with van der Waals surface area (Å²) in [4.78, 5) is 4.32. The van der Waals surface area contributed by atoms with Crippen LogP contribution < -0.4 is 5.32 Å². The van der Waals surface area contributed by atoms with Crippen LogP contribution in [0.4, 0.5) is 0 Å². The molecule has 4 nitrogen and oxygen atoms in total. The van der Waals surface area contributed by atoms with Crippen molar-refractivity contribution in [1.29, 1.82) is 0 Å². The maximum absolute atomic E-state index is 4.39. The molecule has 1 aromatic heterocycles. The van der Waals surface area contributed by atoms with Crippen molar-refractivity contribution < 1.29 is 0 Å². The summed E-state index contributed by atoms with van der Waals surface area (Å²) in [5, 5.41) is 7.55. The summed E-state index contributed by atoms with van der Waals surface area (Å²) < 4.78 is 1.88. The van der Waals surface area contributed by atoms with E-state index < -0.39 is 0 Å². The standard InChI is InChI=1S/C13H18N4/c1-9-7-13(6-5-12(9)8-14-4)17-11(3)15-10(2)16-17/h5-7,14H,8H2,1-4H3. The van der Waals surface area contributed by atoms with Crippen LogP contribution in [-0.2, 0) is 6.54 Å². The van der Waals surface area contributed by atoms with Crippen molar-refractivity contribution in [1.82, 2.24) is 20.1 Å². The van der Waals surface area contributed by atoms with Crippen LogP contribution in [-0.4, -0.2) is 21.8 Å². The lowest BCUT2D eigenvalue weighted by atomic mass is 10.1. The van der Waals surface area contributed by atoms with E-state index in [1.807, 2.05) is 25.6 Å². The van der Waals surface area contributed by atoms with Crippen LogP contribution in [0.5, 0.6) is 0 Å². The van der Waals surface area contributed by atoms with Gasteiger partial charge >= 0.3 is 0 Å². The third-order valence-corrected chi connectivity index (χ3v) is 2.81. The molecule has 4 heteroatoms. The summed E-state index contributed by atoms with van der Waals surface area (Å²) in [5.74, 6) is 1.72. The van der Waals surface area contributed by atoms with Crippen molar-refractivity contribution in [2.75, 3.05) is 7.05 Å². The molecule has 0 saturated heterocycles. The lowest BCUT2D eigenvalue weighted by Gasteiger charge is -2.08. The molecule has 17 heavy (non-hydrogen) atoms. The highest BCUT2D eigenvalue weighted by Gasteiger charge is 2.06. The van der Waals surface area contributed by atoms with E-state index >= 15 is 0 Å². The van der Waals surface area contributed by atoms with Crippen molar-refractivity contribution in [3.63, 3.8) is 0 Å². The second-order valence-corrected chi connectivity index (χ2v) is 4.26. The second kappa shape index (κ2) is 4.67. The maximum atomic E-state index is 4.39. The predicted octanol–water partition coefficient (Wildman–Crippen LogP) is 1.91. The van der Waals surface area contributed by atoms with Crippen LogP contribution in [0.15, 0.2) is 18.2 Å². The molecule has 0 fully saturated rings. The zero-order valence-electron chi connectivity index (χ0n) is 10.8. The summed E-state index contributed by atoms with van der Waals surface area (Å²) in [6, 6.07) is 6.37. The Morgan fingerprint density at radius 1 is 1.24 bits per heavy atom. The molecule has 0 bridgehead atoms. The van der Waals surface area contributed by atoms with Gasteiger partial charge in [-0.3, -0.25) is 0 Å². The van der Waals surface area contributed by atoms with Crippen molar-refractivity contribution in [2.45, 2.75) is 27.3 Å². The van der Waals surface area contributed by atoms with Crippen molar-refractivity contribution in [2.24, 2.45) is 0 Å². The molecule has 0 aliphatic carbocycles. The van der Waals surface area contributed by atoms with Crippen LogP contribution in [0.1, 0.15) is 22.8 Å². The Hall–Kier alpha value is -1.68. The third-order valence-electron chi connectivity index (χ3n) is 2.81. The fourth-order valence-corrected chi connectivity index (χ4v) is 1.97. The molecule has 0 radical (unpaired) electrons. The van der Waals surface area contributed by atoms with Gasteiger partial charge in [-0.1, -0.05) is 6.07 Å². The topological polar surface area (TPSA) is 42.7 Å². The van der Waals surface area contributed by atoms with Gasteiger partial charge in [0.05, 0.1) is 5.69 Å². The smallest absolute Gasteiger partial charge is 0.148 e. The Kier molecular flexibility index (Phi) is 3.24. The van der Waals surface area contributed by atoms with E-state index in [1.54, 1.807) is 0 Å². The van der Waals surface area contributed by atoms with Crippen molar-refractivity contribution >= 4 is 0 Å². The SMILES string of the molecule is CNCc1ccc(-n2nc(C)nc2C)cc1C. The summed E-state index contributed by atoms with van der Waals surface area (Å²) in [6.07, 6.45) is 0. The van der Waals surface area contributed by atoms with Gasteiger partial charge < -0.3 is 5.32 Å². The highest BCUT2D eigenvalue weighted by atomic mass is 15.3. The molecule has 0 atom stereocenters. The van der Waals surface area contributed by atoms with Crippen LogP contribution in [0.2, 0.25) is 0 Å². The molecule has 2 aromatic rings. The van der Waals surface area contributed by atoms with Crippen LogP contribution in [0.25, 0.3) is 5.69 Å². The highest BCUT2D eigenvalue weighted by Crippen LogP contribution is 2.15. The molecule has 0 amide bonds. The molecule has 0 unspecified atom stereocenters. The van der Waals surface area contributed by atoms with E-state index in [2.05, 4.69) is 40.5 Å². The molecular formula is C13H18N4. The number of aryl methyl sites for hydroxylation is 3. The molecule has 2 rings (SSSR count). The van der Waals surface area contributed by atoms with Crippen molar-refractivity contribution in [3.05, 3.63) is 41.0 Å². The van der Waals surface area contributed by atoms with E-state index in [-0.39, 0.29) is 0 Å². The Morgan fingerprint density at radius 2 is 2.00 bits per heavy atom. The highest BCUT2D eigenvalue weighted by molar-refractivity contribution is 5.40. The normalized spacial score (nSPS) is 10.8. The lowest BCUT2D eigenvalue weighted by Crippen LogP contribution is -2.07. The number of nitrogens with zero attached hydrogens (tertiary/aromatic N) is 3. The largest absolute Gasteiger partial charge is 0.316 e. The number of hydrogen-bond acceptors (Lipinski definition) is 3. The Bertz CT molecular complexity index is 528. The first-order valence-electron chi connectivity index (χ1n) is 5.76. The quantitative estimate of drug-likeness (QED) is 0.876. The first-order valence-corrected chi connectivity index (χ1v) is 5.76. The van der Waals surface area contributed by atoms with E-state index in [4.69, 9.17) is 0 Å². The van der Waals surface area contributed by atoms with Crippen molar-refractivity contribution in [3.8, 4) is 5.69 Å². The fraction of sp³-hybridized carbons (Fsp3) is 0.385. The average molecular weight is 230 g/mol. The molecule has 1 N–H and O–H groups in total. The molecular weight excluding hydrogens is 212 g/mol. The minimum absolute atomic E-state index is 0.805. The number of benzene rings is 1. The lowest BCUT2D eigenvalue weighted by molar-refractivity contribution is 0.803. The molecule has 0 spiro atoms. The predicted molar refractivity (Wildman–Crippen MR) is 68.3 cm³/mol. The minimum atomic E-state index is 0.805. The van der Waals surface area contributed by atoms with Crippen LogP contribution in [0, 0.1) is 20.8 Å². The molecule has 0 aliphatic heterocycles. The molecule has 0 saturated carbocycles. The van der Waals surface area contributed by atoms with Gasteiger partial charge in [0, 0.05) is 6.54 Å². The average Bonchev–Trinajstić information content (AvgIpc) is 2.61. The Morgan fingerprint density at radius 3 is 2.53 bits per heavy atom. The van der Waals surface area contributed by atoms with Crippen LogP contribution in [0.3, 0.4) is 0 Å². The Balaban J connectivity index is 2.41. The minimum Gasteiger partial charge on any atom is -0.316 e. The zero-order valence-corrected chi connectivity index (χ0v) is 10.8. The summed E-state index contributed by atoms with van der Waals surface area (Å²) >= 11 is 0. The summed E-state index contributed by atoms with van der Waals surface area (Å²) in [7, 11) is 1.96. The second-order valence-electron chi connectivity index (χ2n) is 4.26. The van der Waals surface area contributed by atoms with Gasteiger partial charge in [0.15, 0.2) is 0 Å². The van der Waals surface area contributed by atoms with Gasteiger partial charge in [-0.2, -0.15) is 5.10 Å². The monoisotopic (exact) mass is 230 g/mol. The van der Waals surface area contributed by atoms with Gasteiger partial charge in [0.2, 0.25) is 0 Å². The third kappa shape index (κ3) is 2.36. The first kappa shape index (κ1) is 11.8. The maximum Gasteiger partial charge on any atom is 0.148 e. The van der Waals surface area contributed by atoms with E-state index in [9.17, 15) is 0 Å². The number of hydrogen-bond donors (Lipinski definition) is 1. The number of nitrogens with one attached hydrogen (secondary N) is 1. The number of rotatable bonds is 3. The zero-order chi connectivity index (χ0) is 12.4. The molecule has 1 heterocycles. The van der Waals surface area contributed by atoms with Crippen LogP contribution >= 0.6 is 0 Å². The van der Waals surface area contributed by atoms with E-state index in [0.717, 1.165) is 23.9 Å². The molecule has 1 aromatic carbocycles. The van der Waals surface area contributed by atoms with E-state index in [0.29, 0.717) is 0 Å². The molecule has 90 valence electrons.